The van der Waals surface area contributed by atoms with Gasteiger partial charge in [0.15, 0.2) is 0 Å². The number of halogens is 1. The molecule has 0 radical (unpaired) electrons. The monoisotopic (exact) mass is 607 g/mol. The van der Waals surface area contributed by atoms with Gasteiger partial charge in [0, 0.05) is 0 Å². The molecule has 0 amide bonds. The molecule has 0 heterocycles. The van der Waals surface area contributed by atoms with Gasteiger partial charge in [-0.25, -0.2) is 0 Å². The van der Waals surface area contributed by atoms with Crippen LogP contribution in [0.15, 0.2) is 36.4 Å². The van der Waals surface area contributed by atoms with E-state index in [9.17, 15) is 0 Å². The van der Waals surface area contributed by atoms with Crippen molar-refractivity contribution in [1.82, 2.24) is 0 Å². The topological polar surface area (TPSA) is 0 Å². The van der Waals surface area contributed by atoms with E-state index in [0.29, 0.717) is 0 Å². The Morgan fingerprint density at radius 3 is 1.62 bits per heavy atom. The third-order valence-electron chi connectivity index (χ3n) is 9.11. The average Bonchev–Trinajstić information content (AvgIpc) is 2.87. The minimum absolute atomic E-state index is 0.929. The molecule has 32 heavy (non-hydrogen) atoms. The molecule has 182 valence electrons. The molecule has 0 unspecified atom stereocenters. The Morgan fingerprint density at radius 1 is 0.656 bits per heavy atom. The molecule has 3 saturated carbocycles. The first-order valence-electron chi connectivity index (χ1n) is 13.5. The molecule has 5 rings (SSSR count). The van der Waals surface area contributed by atoms with Crippen LogP contribution < -0.4 is 4.04 Å². The molecular formula is C29H43BrPPd-. The second kappa shape index (κ2) is 10.9. The standard InChI is InChI=1S/C18H33P.C11H9.BrH.Pd/c1-4-10-16(11-5-1)19(17-12-6-2-7-13-17)18-14-8-3-9-15-18;1-9-5-4-7-10-6-2-3-8-11(9)10;;/h16-18H,1-15H2;2-4,6-8H,1H3;1H;/q;;;-1. The summed E-state index contributed by atoms with van der Waals surface area (Å²) >= 11 is 3.80. The Hall–Kier alpha value is 0.272. The van der Waals surface area contributed by atoms with Gasteiger partial charge in [0.1, 0.15) is 0 Å². The zero-order valence-corrected chi connectivity index (χ0v) is 24.1. The fourth-order valence-corrected chi connectivity index (χ4v) is 40.2. The van der Waals surface area contributed by atoms with Gasteiger partial charge in [-0.3, -0.25) is 0 Å². The summed E-state index contributed by atoms with van der Waals surface area (Å²) in [6.45, 7) is 2.45. The fourth-order valence-electron chi connectivity index (χ4n) is 7.61. The van der Waals surface area contributed by atoms with E-state index in [-0.39, 0.29) is 0 Å². The summed E-state index contributed by atoms with van der Waals surface area (Å²) in [7, 11) is 0. The minimum atomic E-state index is -1.52. The normalized spacial score (nSPS) is 23.4. The fraction of sp³-hybridized carbons (Fsp3) is 0.655. The maximum atomic E-state index is 4.73. The first-order chi connectivity index (χ1) is 15.7. The predicted octanol–water partition coefficient (Wildman–Crippen LogP) is 9.36. The van der Waals surface area contributed by atoms with Gasteiger partial charge in [0.2, 0.25) is 0 Å². The molecule has 0 N–H and O–H groups in total. The van der Waals surface area contributed by atoms with Crippen molar-refractivity contribution in [2.45, 2.75) is 120 Å². The number of fused-ring (bicyclic) bond motifs is 1. The summed E-state index contributed by atoms with van der Waals surface area (Å²) < 4.78 is 1.78. The summed E-state index contributed by atoms with van der Waals surface area (Å²) in [5.74, 6) is 0. The SMILES string of the molecule is Cc1[c]([Pd-]([Br])[PH](C2CCCCC2)(C2CCCCC2)C2CCCCC2)ccc2ccccc12. The third-order valence-corrected chi connectivity index (χ3v) is 36.1. The van der Waals surface area contributed by atoms with Gasteiger partial charge in [-0.2, -0.15) is 0 Å². The van der Waals surface area contributed by atoms with Gasteiger partial charge < -0.3 is 0 Å². The van der Waals surface area contributed by atoms with E-state index in [1.807, 2.05) is 0 Å². The van der Waals surface area contributed by atoms with E-state index in [1.165, 1.54) is 68.6 Å². The first kappa shape index (κ1) is 24.0. The molecular weight excluding hydrogens is 566 g/mol. The molecule has 0 bridgehead atoms. The molecule has 0 nitrogen and oxygen atoms in total. The van der Waals surface area contributed by atoms with Crippen LogP contribution in [0.4, 0.5) is 0 Å². The van der Waals surface area contributed by atoms with Gasteiger partial charge in [-0.1, -0.05) is 0 Å². The van der Waals surface area contributed by atoms with Crippen LogP contribution in [0.5, 0.6) is 0 Å². The first-order valence-corrected chi connectivity index (χ1v) is 22.2. The quantitative estimate of drug-likeness (QED) is 0.234. The van der Waals surface area contributed by atoms with Gasteiger partial charge in [0.05, 0.1) is 0 Å². The zero-order chi connectivity index (χ0) is 22.0. The predicted molar refractivity (Wildman–Crippen MR) is 146 cm³/mol. The summed E-state index contributed by atoms with van der Waals surface area (Å²) in [6.07, 6.45) is 23.0. The Balaban J connectivity index is 1.65. The zero-order valence-electron chi connectivity index (χ0n) is 20.0. The molecule has 0 aliphatic heterocycles. The van der Waals surface area contributed by atoms with Crippen LogP contribution in [0, 0.1) is 6.92 Å². The molecule has 2 aromatic rings. The van der Waals surface area contributed by atoms with Gasteiger partial charge in [-0.15, -0.1) is 0 Å². The molecule has 0 atom stereocenters. The maximum absolute atomic E-state index is 4.73. The third kappa shape index (κ3) is 4.46. The van der Waals surface area contributed by atoms with Crippen molar-refractivity contribution >= 4 is 33.7 Å². The Kier molecular flexibility index (Phi) is 8.17. The van der Waals surface area contributed by atoms with Crippen molar-refractivity contribution in [3.63, 3.8) is 0 Å². The van der Waals surface area contributed by atoms with Crippen LogP contribution >= 0.6 is 18.9 Å². The summed E-state index contributed by atoms with van der Waals surface area (Å²) in [5.41, 5.74) is 3.36. The van der Waals surface area contributed by atoms with E-state index < -0.39 is 19.7 Å². The van der Waals surface area contributed by atoms with Crippen LogP contribution in [0.3, 0.4) is 0 Å². The van der Waals surface area contributed by atoms with E-state index in [1.54, 1.807) is 48.1 Å². The number of hydrogen-bond donors (Lipinski definition) is 0. The van der Waals surface area contributed by atoms with E-state index >= 15 is 0 Å². The van der Waals surface area contributed by atoms with Gasteiger partial charge in [0.25, 0.3) is 0 Å². The second-order valence-corrected chi connectivity index (χ2v) is 28.3. The molecule has 3 fully saturated rings. The Morgan fingerprint density at radius 2 is 1.12 bits per heavy atom. The Labute approximate surface area is 209 Å². The van der Waals surface area contributed by atoms with Gasteiger partial charge in [-0.05, 0) is 0 Å². The van der Waals surface area contributed by atoms with Crippen LogP contribution in [0.25, 0.3) is 10.8 Å². The molecule has 3 aliphatic carbocycles. The number of rotatable bonds is 5. The summed E-state index contributed by atoms with van der Waals surface area (Å²) in [6, 6.07) is 14.2. The Bertz CT molecular complexity index is 848. The van der Waals surface area contributed by atoms with E-state index in [2.05, 4.69) is 43.3 Å². The van der Waals surface area contributed by atoms with Crippen molar-refractivity contribution in [3.8, 4) is 0 Å². The number of aryl methyl sites for hydroxylation is 1. The van der Waals surface area contributed by atoms with Crippen LogP contribution in [-0.2, 0) is 14.2 Å². The van der Waals surface area contributed by atoms with Gasteiger partial charge >= 0.3 is 210 Å². The van der Waals surface area contributed by atoms with Crippen LogP contribution in [-0.4, -0.2) is 17.0 Å². The molecule has 2 aromatic carbocycles. The summed E-state index contributed by atoms with van der Waals surface area (Å²) in [4.78, 5) is 0. The molecule has 3 heteroatoms. The van der Waals surface area contributed by atoms with Crippen molar-refractivity contribution in [1.29, 1.82) is 0 Å². The molecule has 0 spiro atoms. The van der Waals surface area contributed by atoms with Crippen molar-refractivity contribution < 1.29 is 14.2 Å². The molecule has 0 aromatic heterocycles. The number of benzene rings is 2. The number of hydrogen-bond acceptors (Lipinski definition) is 0. The van der Waals surface area contributed by atoms with Crippen molar-refractivity contribution in [3.05, 3.63) is 42.0 Å². The second-order valence-electron chi connectivity index (χ2n) is 10.8. The van der Waals surface area contributed by atoms with E-state index in [4.69, 9.17) is 13.4 Å². The molecule has 3 aliphatic rings. The van der Waals surface area contributed by atoms with E-state index in [0.717, 1.165) is 17.0 Å². The summed E-state index contributed by atoms with van der Waals surface area (Å²) in [5, 5.41) is 2.94. The molecule has 0 saturated heterocycles. The van der Waals surface area contributed by atoms with Crippen molar-refractivity contribution in [2.75, 3.05) is 0 Å². The average molecular weight is 609 g/mol. The van der Waals surface area contributed by atoms with Crippen molar-refractivity contribution in [2.24, 2.45) is 0 Å². The van der Waals surface area contributed by atoms with Crippen LogP contribution in [0.2, 0.25) is 0 Å². The van der Waals surface area contributed by atoms with Crippen LogP contribution in [0.1, 0.15) is 102 Å².